The molecule has 0 unspecified atom stereocenters. The summed E-state index contributed by atoms with van der Waals surface area (Å²) in [6.07, 6.45) is 0. The summed E-state index contributed by atoms with van der Waals surface area (Å²) in [5.74, 6) is -0.139. The van der Waals surface area contributed by atoms with Crippen LogP contribution in [0.25, 0.3) is 0 Å². The topological polar surface area (TPSA) is 104 Å². The fourth-order valence-electron chi connectivity index (χ4n) is 4.10. The molecule has 0 spiro atoms. The molecule has 0 aliphatic rings. The minimum Gasteiger partial charge on any atom is -0.398 e. The van der Waals surface area contributed by atoms with E-state index < -0.39 is 0 Å². The van der Waals surface area contributed by atoms with Crippen LogP contribution in [-0.2, 0) is 0 Å². The minimum atomic E-state index is -0.0696. The second-order valence-corrected chi connectivity index (χ2v) is 11.5. The van der Waals surface area contributed by atoms with Gasteiger partial charge >= 0.3 is 0 Å². The maximum atomic E-state index is 6.13. The molecule has 0 radical (unpaired) electrons. The van der Waals surface area contributed by atoms with Gasteiger partial charge in [-0.3, -0.25) is 0 Å². The number of nitrogens with two attached hydrogens (primary N) is 4. The normalized spacial score (nSPS) is 11.4. The van der Waals surface area contributed by atoms with E-state index in [9.17, 15) is 0 Å². The van der Waals surface area contributed by atoms with Crippen LogP contribution in [0.4, 0.5) is 22.7 Å². The van der Waals surface area contributed by atoms with Crippen molar-refractivity contribution in [1.29, 1.82) is 0 Å². The molecule has 0 bridgehead atoms. The Bertz CT molecular complexity index is 1170. The lowest BCUT2D eigenvalue weighted by atomic mass is 9.73. The fourth-order valence-corrected chi connectivity index (χ4v) is 5.69. The molecule has 4 aromatic carbocycles. The highest BCUT2D eigenvalue weighted by atomic mass is 79.9. The first-order chi connectivity index (χ1) is 16.2. The van der Waals surface area contributed by atoms with Crippen LogP contribution in [0.3, 0.4) is 0 Å². The zero-order valence-electron chi connectivity index (χ0n) is 17.9. The summed E-state index contributed by atoms with van der Waals surface area (Å²) in [7, 11) is 0. The summed E-state index contributed by atoms with van der Waals surface area (Å²) in [4.78, 5) is 0. The SMILES string of the molecule is Nc1ccc(C(c2ccc(N)c(Br)c2)C(c2ccc(N)c(Br)c2)c2ccc(N)c(Br)c2)cc1Br. The standard InChI is InChI=1S/C26H22Br4N4/c27-17-9-13(1-5-21(17)31)25(14-2-6-22(32)18(28)10-14)26(15-3-7-23(33)19(29)11-15)16-4-8-24(34)20(30)12-16/h1-12,25-26H,31-34H2. The number of nitrogen functional groups attached to an aromatic ring is 4. The van der Waals surface area contributed by atoms with Gasteiger partial charge in [0.2, 0.25) is 0 Å². The van der Waals surface area contributed by atoms with Gasteiger partial charge in [0.25, 0.3) is 0 Å². The first kappa shape index (κ1) is 25.1. The van der Waals surface area contributed by atoms with E-state index in [1.54, 1.807) is 0 Å². The molecule has 0 fully saturated rings. The van der Waals surface area contributed by atoms with Gasteiger partial charge in [-0.2, -0.15) is 0 Å². The molecule has 0 saturated heterocycles. The smallest absolute Gasteiger partial charge is 0.0458 e. The highest BCUT2D eigenvalue weighted by molar-refractivity contribution is 9.11. The summed E-state index contributed by atoms with van der Waals surface area (Å²) in [5.41, 5.74) is 31.7. The van der Waals surface area contributed by atoms with Crippen molar-refractivity contribution in [1.82, 2.24) is 0 Å². The molecule has 8 N–H and O–H groups in total. The number of benzene rings is 4. The van der Waals surface area contributed by atoms with Gasteiger partial charge in [0.05, 0.1) is 0 Å². The Balaban J connectivity index is 2.03. The van der Waals surface area contributed by atoms with Gasteiger partial charge < -0.3 is 22.9 Å². The molecule has 174 valence electrons. The van der Waals surface area contributed by atoms with Gasteiger partial charge in [-0.25, -0.2) is 0 Å². The molecule has 0 aromatic heterocycles. The van der Waals surface area contributed by atoms with Crippen LogP contribution >= 0.6 is 63.7 Å². The van der Waals surface area contributed by atoms with E-state index in [4.69, 9.17) is 22.9 Å². The van der Waals surface area contributed by atoms with E-state index in [1.807, 2.05) is 24.3 Å². The van der Waals surface area contributed by atoms with Crippen LogP contribution < -0.4 is 22.9 Å². The van der Waals surface area contributed by atoms with Gasteiger partial charge in [-0.15, -0.1) is 0 Å². The molecule has 8 heteroatoms. The Morgan fingerprint density at radius 2 is 0.588 bits per heavy atom. The maximum absolute atomic E-state index is 6.13. The zero-order chi connectivity index (χ0) is 24.6. The van der Waals surface area contributed by atoms with E-state index in [-0.39, 0.29) is 11.8 Å². The van der Waals surface area contributed by atoms with Crippen molar-refractivity contribution in [3.63, 3.8) is 0 Å². The highest BCUT2D eigenvalue weighted by Crippen LogP contribution is 2.46. The zero-order valence-corrected chi connectivity index (χ0v) is 24.2. The monoisotopic (exact) mass is 706 g/mol. The predicted molar refractivity (Wildman–Crippen MR) is 158 cm³/mol. The van der Waals surface area contributed by atoms with Gasteiger partial charge in [0, 0.05) is 52.5 Å². The Hall–Kier alpha value is -2.00. The van der Waals surface area contributed by atoms with E-state index in [1.165, 1.54) is 0 Å². The summed E-state index contributed by atoms with van der Waals surface area (Å²) >= 11 is 14.5. The molecule has 0 heterocycles. The van der Waals surface area contributed by atoms with E-state index in [0.717, 1.165) is 40.1 Å². The number of halogens is 4. The van der Waals surface area contributed by atoms with Gasteiger partial charge in [0.1, 0.15) is 0 Å². The third-order valence-electron chi connectivity index (χ3n) is 5.87. The lowest BCUT2D eigenvalue weighted by Crippen LogP contribution is -2.16. The Morgan fingerprint density at radius 3 is 0.765 bits per heavy atom. The summed E-state index contributed by atoms with van der Waals surface area (Å²) < 4.78 is 3.39. The van der Waals surface area contributed by atoms with Crippen molar-refractivity contribution in [2.24, 2.45) is 0 Å². The van der Waals surface area contributed by atoms with E-state index >= 15 is 0 Å². The van der Waals surface area contributed by atoms with Crippen molar-refractivity contribution in [3.05, 3.63) is 113 Å². The van der Waals surface area contributed by atoms with E-state index in [2.05, 4.69) is 112 Å². The predicted octanol–water partition coefficient (Wildman–Crippen LogP) is 8.03. The van der Waals surface area contributed by atoms with Crippen molar-refractivity contribution >= 4 is 86.5 Å². The molecule has 4 rings (SSSR count). The van der Waals surface area contributed by atoms with E-state index in [0.29, 0.717) is 22.7 Å². The van der Waals surface area contributed by atoms with Gasteiger partial charge in [-0.1, -0.05) is 24.3 Å². The Labute approximate surface area is 232 Å². The number of hydrogen-bond donors (Lipinski definition) is 4. The molecular formula is C26H22Br4N4. The molecule has 0 aliphatic heterocycles. The van der Waals surface area contributed by atoms with Gasteiger partial charge in [0.15, 0.2) is 0 Å². The molecule has 0 atom stereocenters. The number of rotatable bonds is 5. The number of hydrogen-bond acceptors (Lipinski definition) is 4. The number of anilines is 4. The van der Waals surface area contributed by atoms with Crippen LogP contribution in [0.2, 0.25) is 0 Å². The highest BCUT2D eigenvalue weighted by Gasteiger charge is 2.30. The average Bonchev–Trinajstić information content (AvgIpc) is 2.80. The first-order valence-electron chi connectivity index (χ1n) is 10.4. The molecular weight excluding hydrogens is 688 g/mol. The summed E-state index contributed by atoms with van der Waals surface area (Å²) in [6.45, 7) is 0. The third-order valence-corrected chi connectivity index (χ3v) is 8.61. The minimum absolute atomic E-state index is 0.0696. The molecule has 4 nitrogen and oxygen atoms in total. The van der Waals surface area contributed by atoms with Crippen LogP contribution in [0.1, 0.15) is 34.1 Å². The lowest BCUT2D eigenvalue weighted by Gasteiger charge is -2.30. The summed E-state index contributed by atoms with van der Waals surface area (Å²) in [5, 5.41) is 0. The van der Waals surface area contributed by atoms with Crippen molar-refractivity contribution in [3.8, 4) is 0 Å². The first-order valence-corrected chi connectivity index (χ1v) is 13.5. The van der Waals surface area contributed by atoms with Crippen LogP contribution in [0.5, 0.6) is 0 Å². The molecule has 34 heavy (non-hydrogen) atoms. The van der Waals surface area contributed by atoms with Crippen molar-refractivity contribution < 1.29 is 0 Å². The van der Waals surface area contributed by atoms with Crippen molar-refractivity contribution in [2.45, 2.75) is 11.8 Å². The second kappa shape index (κ2) is 10.3. The summed E-state index contributed by atoms with van der Waals surface area (Å²) in [6, 6.07) is 24.3. The quantitative estimate of drug-likeness (QED) is 0.158. The lowest BCUT2D eigenvalue weighted by molar-refractivity contribution is 0.693. The average molecular weight is 710 g/mol. The molecule has 0 amide bonds. The Kier molecular flexibility index (Phi) is 7.62. The van der Waals surface area contributed by atoms with Crippen LogP contribution in [0, 0.1) is 0 Å². The van der Waals surface area contributed by atoms with Crippen LogP contribution in [0.15, 0.2) is 90.7 Å². The fraction of sp³-hybridized carbons (Fsp3) is 0.0769. The largest absolute Gasteiger partial charge is 0.398 e. The third kappa shape index (κ3) is 5.15. The van der Waals surface area contributed by atoms with Crippen LogP contribution in [-0.4, -0.2) is 0 Å². The second-order valence-electron chi connectivity index (χ2n) is 8.08. The molecule has 0 aliphatic carbocycles. The molecule has 0 saturated carbocycles. The maximum Gasteiger partial charge on any atom is 0.0458 e. The van der Waals surface area contributed by atoms with Gasteiger partial charge in [-0.05, 0) is 135 Å². The molecule has 4 aromatic rings. The van der Waals surface area contributed by atoms with Crippen molar-refractivity contribution in [2.75, 3.05) is 22.9 Å². The Morgan fingerprint density at radius 1 is 0.382 bits per heavy atom.